The lowest BCUT2D eigenvalue weighted by atomic mass is 10.0. The van der Waals surface area contributed by atoms with Crippen molar-refractivity contribution in [2.75, 3.05) is 10.7 Å². The van der Waals surface area contributed by atoms with E-state index in [2.05, 4.69) is 10.2 Å². The Kier molecular flexibility index (Phi) is 6.66. The summed E-state index contributed by atoms with van der Waals surface area (Å²) in [7, 11) is 0. The van der Waals surface area contributed by atoms with Crippen molar-refractivity contribution in [1.82, 2.24) is 15.2 Å². The normalized spacial score (nSPS) is 12.1. The zero-order valence-electron chi connectivity index (χ0n) is 19.4. The summed E-state index contributed by atoms with van der Waals surface area (Å²) in [6.07, 6.45) is 0. The summed E-state index contributed by atoms with van der Waals surface area (Å²) in [6, 6.07) is 33.3. The molecule has 0 spiro atoms. The summed E-state index contributed by atoms with van der Waals surface area (Å²) in [4.78, 5) is 22.2. The zero-order chi connectivity index (χ0) is 25.2. The van der Waals surface area contributed by atoms with Crippen LogP contribution in [0.25, 0.3) is 22.5 Å². The highest BCUT2D eigenvalue weighted by Crippen LogP contribution is 2.49. The molecule has 5 nitrogen and oxygen atoms in total. The van der Waals surface area contributed by atoms with Crippen LogP contribution in [0.2, 0.25) is 5.02 Å². The molecule has 0 bridgehead atoms. The third-order valence-electron chi connectivity index (χ3n) is 5.82. The topological polar surface area (TPSA) is 59.0 Å². The molecule has 0 N–H and O–H groups in total. The average molecular weight is 539 g/mol. The van der Waals surface area contributed by atoms with E-state index in [9.17, 15) is 4.79 Å². The van der Waals surface area contributed by atoms with Crippen LogP contribution in [0.4, 0.5) is 11.4 Å². The van der Waals surface area contributed by atoms with Crippen molar-refractivity contribution in [3.63, 3.8) is 0 Å². The largest absolute Gasteiger partial charge is 0.278 e. The van der Waals surface area contributed by atoms with Gasteiger partial charge in [0.2, 0.25) is 11.1 Å². The Bertz CT molecular complexity index is 1600. The molecule has 0 fully saturated rings. The Morgan fingerprint density at radius 3 is 2.16 bits per heavy atom. The monoisotopic (exact) mass is 538 g/mol. The van der Waals surface area contributed by atoms with Gasteiger partial charge >= 0.3 is 0 Å². The number of aromatic nitrogens is 3. The number of nitrogens with zero attached hydrogens (tertiary/aromatic N) is 4. The third-order valence-corrected chi connectivity index (χ3v) is 8.01. The fourth-order valence-corrected chi connectivity index (χ4v) is 5.99. The molecule has 0 aliphatic carbocycles. The first-order chi connectivity index (χ1) is 18.2. The van der Waals surface area contributed by atoms with Crippen LogP contribution in [0, 0.1) is 0 Å². The van der Waals surface area contributed by atoms with Gasteiger partial charge in [-0.1, -0.05) is 108 Å². The lowest BCUT2D eigenvalue weighted by molar-refractivity contribution is -0.115. The molecule has 0 saturated heterocycles. The summed E-state index contributed by atoms with van der Waals surface area (Å²) in [5.41, 5.74) is 4.93. The lowest BCUT2D eigenvalue weighted by Gasteiger charge is -2.31. The molecule has 0 unspecified atom stereocenters. The summed E-state index contributed by atoms with van der Waals surface area (Å²) in [6.45, 7) is 0. The molecule has 180 valence electrons. The van der Waals surface area contributed by atoms with E-state index in [1.165, 1.54) is 11.8 Å². The van der Waals surface area contributed by atoms with E-state index in [0.717, 1.165) is 38.0 Å². The van der Waals surface area contributed by atoms with E-state index in [4.69, 9.17) is 16.6 Å². The Morgan fingerprint density at radius 2 is 1.41 bits per heavy atom. The Hall–Kier alpha value is -3.65. The molecule has 5 aromatic rings. The molecule has 1 amide bonds. The van der Waals surface area contributed by atoms with Gasteiger partial charge in [0.1, 0.15) is 11.4 Å². The van der Waals surface area contributed by atoms with Crippen molar-refractivity contribution in [2.24, 2.45) is 0 Å². The minimum Gasteiger partial charge on any atom is -0.278 e. The van der Waals surface area contributed by atoms with Crippen molar-refractivity contribution < 1.29 is 4.79 Å². The molecule has 1 aliphatic rings. The predicted molar refractivity (Wildman–Crippen MR) is 151 cm³/mol. The van der Waals surface area contributed by atoms with E-state index < -0.39 is 0 Å². The second-order valence-electron chi connectivity index (χ2n) is 8.22. The van der Waals surface area contributed by atoms with E-state index in [-0.39, 0.29) is 11.7 Å². The zero-order valence-corrected chi connectivity index (χ0v) is 21.8. The van der Waals surface area contributed by atoms with Gasteiger partial charge in [-0.3, -0.25) is 9.69 Å². The van der Waals surface area contributed by atoms with Crippen molar-refractivity contribution >= 4 is 52.4 Å². The number of carbonyl (C=O) groups excluding carboxylic acids is 1. The number of rotatable bonds is 5. The molecule has 0 saturated carbocycles. The summed E-state index contributed by atoms with van der Waals surface area (Å²) in [5, 5.41) is 9.91. The van der Waals surface area contributed by atoms with Gasteiger partial charge < -0.3 is 0 Å². The number of benzene rings is 4. The third kappa shape index (κ3) is 4.85. The van der Waals surface area contributed by atoms with Gasteiger partial charge in [-0.05, 0) is 30.3 Å². The van der Waals surface area contributed by atoms with E-state index in [1.807, 2.05) is 103 Å². The molecule has 1 aromatic heterocycles. The van der Waals surface area contributed by atoms with Gasteiger partial charge in [0, 0.05) is 25.9 Å². The number of fused-ring (bicyclic) bond motifs is 2. The molecule has 0 atom stereocenters. The quantitative estimate of drug-likeness (QED) is 0.213. The van der Waals surface area contributed by atoms with E-state index in [1.54, 1.807) is 16.7 Å². The van der Waals surface area contributed by atoms with Crippen LogP contribution in [-0.4, -0.2) is 26.8 Å². The fourth-order valence-electron chi connectivity index (χ4n) is 4.15. The average Bonchev–Trinajstić information content (AvgIpc) is 2.95. The summed E-state index contributed by atoms with van der Waals surface area (Å²) >= 11 is 9.21. The van der Waals surface area contributed by atoms with Crippen molar-refractivity contribution in [3.05, 3.63) is 108 Å². The molecule has 37 heavy (non-hydrogen) atoms. The maximum absolute atomic E-state index is 13.6. The predicted octanol–water partition coefficient (Wildman–Crippen LogP) is 7.78. The van der Waals surface area contributed by atoms with Crippen LogP contribution < -0.4 is 4.90 Å². The van der Waals surface area contributed by atoms with Crippen LogP contribution in [0.3, 0.4) is 0 Å². The number of halogens is 1. The van der Waals surface area contributed by atoms with Crippen LogP contribution in [0.15, 0.2) is 118 Å². The number of para-hydroxylation sites is 1. The Labute approximate surface area is 227 Å². The van der Waals surface area contributed by atoms with Gasteiger partial charge in [0.05, 0.1) is 17.1 Å². The highest BCUT2D eigenvalue weighted by Gasteiger charge is 2.28. The first-order valence-electron chi connectivity index (χ1n) is 11.5. The second kappa shape index (κ2) is 10.4. The molecule has 6 rings (SSSR count). The molecule has 0 radical (unpaired) electrons. The molecular weight excluding hydrogens is 520 g/mol. The molecular formula is C29H19ClN4OS2. The van der Waals surface area contributed by atoms with Crippen molar-refractivity contribution in [3.8, 4) is 22.5 Å². The minimum absolute atomic E-state index is 0.0849. The Morgan fingerprint density at radius 1 is 0.757 bits per heavy atom. The van der Waals surface area contributed by atoms with Gasteiger partial charge in [0.15, 0.2) is 0 Å². The smallest absolute Gasteiger partial charge is 0.242 e. The Balaban J connectivity index is 1.32. The van der Waals surface area contributed by atoms with Gasteiger partial charge in [-0.25, -0.2) is 4.98 Å². The standard InChI is InChI=1S/C29H19ClN4OS2/c30-21-15-16-25-23(17-21)34(22-13-7-8-14-24(22)37-25)26(35)18-36-29-31-27(19-9-3-1-4-10-19)28(32-33-29)20-11-5-2-6-12-20/h1-17H,18H2. The van der Waals surface area contributed by atoms with Crippen LogP contribution in [0.5, 0.6) is 0 Å². The summed E-state index contributed by atoms with van der Waals surface area (Å²) in [5.74, 6) is 0.0595. The highest BCUT2D eigenvalue weighted by atomic mass is 35.5. The maximum atomic E-state index is 13.6. The van der Waals surface area contributed by atoms with Crippen LogP contribution in [-0.2, 0) is 4.79 Å². The van der Waals surface area contributed by atoms with Crippen LogP contribution in [0.1, 0.15) is 0 Å². The van der Waals surface area contributed by atoms with E-state index in [0.29, 0.717) is 15.9 Å². The van der Waals surface area contributed by atoms with Crippen LogP contribution >= 0.6 is 35.1 Å². The number of anilines is 2. The minimum atomic E-state index is -0.0849. The number of amides is 1. The first kappa shape index (κ1) is 23.7. The number of carbonyl (C=O) groups is 1. The number of hydrogen-bond acceptors (Lipinski definition) is 6. The highest BCUT2D eigenvalue weighted by molar-refractivity contribution is 8.00. The SMILES string of the molecule is O=C(CSc1nnc(-c2ccccc2)c(-c2ccccc2)n1)N1c2ccccc2Sc2ccc(Cl)cc21. The molecule has 1 aliphatic heterocycles. The number of hydrogen-bond donors (Lipinski definition) is 0. The van der Waals surface area contributed by atoms with E-state index >= 15 is 0 Å². The van der Waals surface area contributed by atoms with Gasteiger partial charge in [-0.2, -0.15) is 0 Å². The summed E-state index contributed by atoms with van der Waals surface area (Å²) < 4.78 is 0. The molecule has 4 aromatic carbocycles. The molecule has 8 heteroatoms. The lowest BCUT2D eigenvalue weighted by Crippen LogP contribution is -2.30. The second-order valence-corrected chi connectivity index (χ2v) is 10.7. The van der Waals surface area contributed by atoms with Crippen molar-refractivity contribution in [1.29, 1.82) is 0 Å². The number of thioether (sulfide) groups is 1. The van der Waals surface area contributed by atoms with Gasteiger partial charge in [0.25, 0.3) is 0 Å². The fraction of sp³-hybridized carbons (Fsp3) is 0.0345. The maximum Gasteiger partial charge on any atom is 0.242 e. The first-order valence-corrected chi connectivity index (χ1v) is 13.7. The van der Waals surface area contributed by atoms with Gasteiger partial charge in [-0.15, -0.1) is 10.2 Å². The molecule has 2 heterocycles. The van der Waals surface area contributed by atoms with Crippen molar-refractivity contribution in [2.45, 2.75) is 14.9 Å².